The van der Waals surface area contributed by atoms with Crippen LogP contribution in [-0.4, -0.2) is 38.1 Å². The molecule has 0 bridgehead atoms. The van der Waals surface area contributed by atoms with Crippen LogP contribution in [0.3, 0.4) is 0 Å². The third-order valence-electron chi connectivity index (χ3n) is 3.72. The fourth-order valence-corrected chi connectivity index (χ4v) is 2.76. The van der Waals surface area contributed by atoms with Crippen molar-refractivity contribution >= 4 is 0 Å². The molecule has 1 atom stereocenters. The van der Waals surface area contributed by atoms with E-state index in [-0.39, 0.29) is 0 Å². The second-order valence-corrected chi connectivity index (χ2v) is 5.86. The van der Waals surface area contributed by atoms with Crippen LogP contribution in [0.4, 0.5) is 0 Å². The molecule has 1 aliphatic rings. The first-order valence-corrected chi connectivity index (χ1v) is 7.00. The van der Waals surface area contributed by atoms with Gasteiger partial charge in [-0.3, -0.25) is 0 Å². The van der Waals surface area contributed by atoms with Gasteiger partial charge in [-0.15, -0.1) is 0 Å². The lowest BCUT2D eigenvalue weighted by atomic mass is 9.84. The van der Waals surface area contributed by atoms with Gasteiger partial charge in [0.1, 0.15) is 0 Å². The maximum atomic E-state index is 3.36. The molecule has 0 aromatic heterocycles. The van der Waals surface area contributed by atoms with Crippen LogP contribution in [0.5, 0.6) is 0 Å². The second kappa shape index (κ2) is 6.61. The van der Waals surface area contributed by atoms with Crippen LogP contribution in [0.15, 0.2) is 0 Å². The predicted molar refractivity (Wildman–Crippen MR) is 71.8 cm³/mol. The Kier molecular flexibility index (Phi) is 5.77. The number of nitrogens with one attached hydrogen (secondary N) is 1. The summed E-state index contributed by atoms with van der Waals surface area (Å²) in [6.45, 7) is 12.0. The molecule has 1 fully saturated rings. The van der Waals surface area contributed by atoms with Gasteiger partial charge in [-0.05, 0) is 44.2 Å². The smallest absolute Gasteiger partial charge is 0.00475 e. The molecule has 1 unspecified atom stereocenters. The van der Waals surface area contributed by atoms with Crippen molar-refractivity contribution in [3.8, 4) is 0 Å². The SMILES string of the molecule is CCCC(C)(CNC)CN(CC)CC1CC1. The number of hydrogen-bond acceptors (Lipinski definition) is 2. The summed E-state index contributed by atoms with van der Waals surface area (Å²) in [6, 6.07) is 0. The highest BCUT2D eigenvalue weighted by atomic mass is 15.1. The van der Waals surface area contributed by atoms with E-state index >= 15 is 0 Å². The summed E-state index contributed by atoms with van der Waals surface area (Å²) < 4.78 is 0. The number of nitrogens with zero attached hydrogens (tertiary/aromatic N) is 1. The topological polar surface area (TPSA) is 15.3 Å². The lowest BCUT2D eigenvalue weighted by Gasteiger charge is -2.35. The maximum Gasteiger partial charge on any atom is 0.00475 e. The average molecular weight is 226 g/mol. The Bertz CT molecular complexity index is 181. The van der Waals surface area contributed by atoms with Crippen molar-refractivity contribution in [1.82, 2.24) is 10.2 Å². The summed E-state index contributed by atoms with van der Waals surface area (Å²) in [4.78, 5) is 2.66. The van der Waals surface area contributed by atoms with Gasteiger partial charge in [0, 0.05) is 19.6 Å². The zero-order valence-corrected chi connectivity index (χ0v) is 11.7. The van der Waals surface area contributed by atoms with Gasteiger partial charge in [-0.2, -0.15) is 0 Å². The van der Waals surface area contributed by atoms with E-state index in [9.17, 15) is 0 Å². The standard InChI is InChI=1S/C14H30N2/c1-5-9-14(3,11-15-4)12-16(6-2)10-13-7-8-13/h13,15H,5-12H2,1-4H3. The predicted octanol–water partition coefficient (Wildman–Crippen LogP) is 2.74. The Morgan fingerprint density at radius 3 is 2.44 bits per heavy atom. The van der Waals surface area contributed by atoms with Gasteiger partial charge in [0.05, 0.1) is 0 Å². The van der Waals surface area contributed by atoms with E-state index < -0.39 is 0 Å². The van der Waals surface area contributed by atoms with Crippen molar-refractivity contribution in [2.75, 3.05) is 33.2 Å². The summed E-state index contributed by atoms with van der Waals surface area (Å²) in [5, 5.41) is 3.36. The van der Waals surface area contributed by atoms with Crippen molar-refractivity contribution in [1.29, 1.82) is 0 Å². The molecule has 0 heterocycles. The minimum absolute atomic E-state index is 0.453. The second-order valence-electron chi connectivity index (χ2n) is 5.86. The van der Waals surface area contributed by atoms with Crippen molar-refractivity contribution in [2.45, 2.75) is 46.5 Å². The first-order chi connectivity index (χ1) is 7.63. The summed E-state index contributed by atoms with van der Waals surface area (Å²) in [7, 11) is 2.07. The molecule has 2 nitrogen and oxygen atoms in total. The third-order valence-corrected chi connectivity index (χ3v) is 3.72. The van der Waals surface area contributed by atoms with Crippen LogP contribution in [-0.2, 0) is 0 Å². The lowest BCUT2D eigenvalue weighted by Crippen LogP contribution is -2.42. The van der Waals surface area contributed by atoms with Crippen LogP contribution in [0.1, 0.15) is 46.5 Å². The van der Waals surface area contributed by atoms with E-state index in [0.717, 1.165) is 12.5 Å². The third kappa shape index (κ3) is 4.84. The van der Waals surface area contributed by atoms with Crippen LogP contribution in [0, 0.1) is 11.3 Å². The van der Waals surface area contributed by atoms with Gasteiger partial charge in [-0.1, -0.05) is 27.2 Å². The molecule has 96 valence electrons. The first kappa shape index (κ1) is 14.0. The zero-order chi connectivity index (χ0) is 12.0. The molecule has 0 spiro atoms. The van der Waals surface area contributed by atoms with Gasteiger partial charge in [-0.25, -0.2) is 0 Å². The molecule has 0 radical (unpaired) electrons. The molecule has 1 N–H and O–H groups in total. The van der Waals surface area contributed by atoms with Gasteiger partial charge >= 0.3 is 0 Å². The number of hydrogen-bond donors (Lipinski definition) is 1. The van der Waals surface area contributed by atoms with Crippen LogP contribution < -0.4 is 5.32 Å². The monoisotopic (exact) mass is 226 g/mol. The molecule has 0 amide bonds. The molecule has 1 saturated carbocycles. The highest BCUT2D eigenvalue weighted by Crippen LogP contribution is 2.31. The van der Waals surface area contributed by atoms with Gasteiger partial charge < -0.3 is 10.2 Å². The molecule has 2 heteroatoms. The van der Waals surface area contributed by atoms with E-state index in [4.69, 9.17) is 0 Å². The molecule has 0 aromatic carbocycles. The van der Waals surface area contributed by atoms with Crippen LogP contribution in [0.25, 0.3) is 0 Å². The quantitative estimate of drug-likeness (QED) is 0.650. The molecule has 0 aliphatic heterocycles. The van der Waals surface area contributed by atoms with E-state index in [1.165, 1.54) is 45.3 Å². The lowest BCUT2D eigenvalue weighted by molar-refractivity contribution is 0.152. The minimum atomic E-state index is 0.453. The summed E-state index contributed by atoms with van der Waals surface area (Å²) in [5.74, 6) is 1.01. The van der Waals surface area contributed by atoms with Crippen molar-refractivity contribution in [3.63, 3.8) is 0 Å². The van der Waals surface area contributed by atoms with Crippen molar-refractivity contribution in [2.24, 2.45) is 11.3 Å². The molecule has 16 heavy (non-hydrogen) atoms. The first-order valence-electron chi connectivity index (χ1n) is 7.00. The van der Waals surface area contributed by atoms with Gasteiger partial charge in [0.2, 0.25) is 0 Å². The van der Waals surface area contributed by atoms with E-state index in [0.29, 0.717) is 5.41 Å². The van der Waals surface area contributed by atoms with Crippen molar-refractivity contribution < 1.29 is 0 Å². The van der Waals surface area contributed by atoms with Gasteiger partial charge in [0.25, 0.3) is 0 Å². The summed E-state index contributed by atoms with van der Waals surface area (Å²) >= 11 is 0. The molecular formula is C14H30N2. The zero-order valence-electron chi connectivity index (χ0n) is 11.7. The normalized spacial score (nSPS) is 20.1. The maximum absolute atomic E-state index is 3.36. The van der Waals surface area contributed by atoms with Crippen LogP contribution in [0.2, 0.25) is 0 Å². The van der Waals surface area contributed by atoms with E-state index in [1.54, 1.807) is 0 Å². The Morgan fingerprint density at radius 1 is 1.31 bits per heavy atom. The molecule has 1 aliphatic carbocycles. The number of rotatable bonds is 9. The highest BCUT2D eigenvalue weighted by molar-refractivity contribution is 4.83. The fourth-order valence-electron chi connectivity index (χ4n) is 2.76. The highest BCUT2D eigenvalue weighted by Gasteiger charge is 2.29. The van der Waals surface area contributed by atoms with Crippen molar-refractivity contribution in [3.05, 3.63) is 0 Å². The van der Waals surface area contributed by atoms with Gasteiger partial charge in [0.15, 0.2) is 0 Å². The molecule has 1 rings (SSSR count). The Labute approximate surface area is 102 Å². The fraction of sp³-hybridized carbons (Fsp3) is 1.00. The van der Waals surface area contributed by atoms with E-state index in [1.807, 2.05) is 0 Å². The molecule has 0 saturated heterocycles. The summed E-state index contributed by atoms with van der Waals surface area (Å²) in [5.41, 5.74) is 0.453. The van der Waals surface area contributed by atoms with Crippen LogP contribution >= 0.6 is 0 Å². The Balaban J connectivity index is 2.42. The minimum Gasteiger partial charge on any atom is -0.319 e. The average Bonchev–Trinajstić information content (AvgIpc) is 3.01. The molecular weight excluding hydrogens is 196 g/mol. The summed E-state index contributed by atoms with van der Waals surface area (Å²) in [6.07, 6.45) is 5.55. The largest absolute Gasteiger partial charge is 0.319 e. The molecule has 0 aromatic rings. The van der Waals surface area contributed by atoms with E-state index in [2.05, 4.69) is 38.0 Å². The Hall–Kier alpha value is -0.0800. The Morgan fingerprint density at radius 2 is 2.00 bits per heavy atom.